The fraction of sp³-hybridized carbons (Fsp3) is 0.150. The number of carbonyl (C=O) groups is 1. The van der Waals surface area contributed by atoms with Crippen molar-refractivity contribution in [2.24, 2.45) is 4.99 Å². The fourth-order valence-corrected chi connectivity index (χ4v) is 4.65. The average Bonchev–Trinajstić information content (AvgIpc) is 3.22. The van der Waals surface area contributed by atoms with Crippen molar-refractivity contribution in [1.29, 1.82) is 0 Å². The zero-order valence-corrected chi connectivity index (χ0v) is 17.7. The Morgan fingerprint density at radius 3 is 2.81 bits per heavy atom. The third-order valence-electron chi connectivity index (χ3n) is 4.59. The van der Waals surface area contributed by atoms with Gasteiger partial charge in [0.25, 0.3) is 15.9 Å². The molecule has 3 aromatic rings. The summed E-state index contributed by atoms with van der Waals surface area (Å²) < 4.78 is 32.5. The molecule has 0 aliphatic carbocycles. The number of fused-ring (bicyclic) bond motifs is 1. The maximum absolute atomic E-state index is 12.7. The minimum Gasteiger partial charge on any atom is -0.508 e. The van der Waals surface area contributed by atoms with Gasteiger partial charge in [-0.05, 0) is 48.4 Å². The van der Waals surface area contributed by atoms with Gasteiger partial charge >= 0.3 is 0 Å². The lowest BCUT2D eigenvalue weighted by Gasteiger charge is -2.19. The molecule has 3 N–H and O–H groups in total. The van der Waals surface area contributed by atoms with Crippen molar-refractivity contribution in [1.82, 2.24) is 15.0 Å². The standard InChI is InChI=1S/C20H17ClN4O5S/c1-11-6-12(8-14(26)7-11)15(20-22-4-5-30-20)10-23-19(27)18-24-16-3-2-13(21)9-17(16)31(28,29)25-18/h2-9,15,26H,10H2,1H3,(H,23,27)(H,24,25). The van der Waals surface area contributed by atoms with Gasteiger partial charge in [0.1, 0.15) is 16.9 Å². The van der Waals surface area contributed by atoms with Crippen LogP contribution in [0, 0.1) is 6.92 Å². The molecule has 11 heteroatoms. The van der Waals surface area contributed by atoms with Crippen LogP contribution in [-0.2, 0) is 14.8 Å². The fourth-order valence-electron chi connectivity index (χ4n) is 3.24. The number of nitrogens with zero attached hydrogens (tertiary/aromatic N) is 2. The van der Waals surface area contributed by atoms with Crippen molar-refractivity contribution >= 4 is 39.1 Å². The molecule has 0 fully saturated rings. The van der Waals surface area contributed by atoms with Crippen LogP contribution in [0.4, 0.5) is 5.69 Å². The molecule has 1 aromatic heterocycles. The molecule has 1 unspecified atom stereocenters. The van der Waals surface area contributed by atoms with E-state index >= 15 is 0 Å². The molecule has 0 saturated heterocycles. The summed E-state index contributed by atoms with van der Waals surface area (Å²) in [6, 6.07) is 9.16. The number of benzene rings is 2. The van der Waals surface area contributed by atoms with Crippen LogP contribution in [0.1, 0.15) is 22.9 Å². The second-order valence-corrected chi connectivity index (χ2v) is 9.00. The van der Waals surface area contributed by atoms with Crippen molar-refractivity contribution in [3.05, 3.63) is 70.9 Å². The third-order valence-corrected chi connectivity index (χ3v) is 6.20. The number of aryl methyl sites for hydroxylation is 1. The quantitative estimate of drug-likeness (QED) is 0.535. The number of carbonyl (C=O) groups excluding carboxylic acids is 1. The van der Waals surface area contributed by atoms with Crippen LogP contribution < -0.4 is 10.0 Å². The number of hydrogen-bond donors (Lipinski definition) is 3. The lowest BCUT2D eigenvalue weighted by atomic mass is 9.96. The number of aliphatic imine (C=N–C) groups is 1. The highest BCUT2D eigenvalue weighted by molar-refractivity contribution is 7.90. The molecule has 31 heavy (non-hydrogen) atoms. The Hall–Kier alpha value is -3.37. The topological polar surface area (TPSA) is 134 Å². The highest BCUT2D eigenvalue weighted by atomic mass is 35.5. The maximum atomic E-state index is 12.7. The number of halogens is 1. The van der Waals surface area contributed by atoms with E-state index in [0.717, 1.165) is 5.56 Å². The predicted octanol–water partition coefficient (Wildman–Crippen LogP) is 2.61. The van der Waals surface area contributed by atoms with Gasteiger partial charge in [0.15, 0.2) is 0 Å². The Morgan fingerprint density at radius 2 is 2.10 bits per heavy atom. The van der Waals surface area contributed by atoms with Gasteiger partial charge < -0.3 is 14.8 Å². The van der Waals surface area contributed by atoms with Gasteiger partial charge in [0.2, 0.25) is 11.7 Å². The molecular formula is C20H17ClN4O5S. The average molecular weight is 461 g/mol. The van der Waals surface area contributed by atoms with Gasteiger partial charge in [-0.25, -0.2) is 18.4 Å². The van der Waals surface area contributed by atoms with Gasteiger partial charge in [0.05, 0.1) is 17.8 Å². The van der Waals surface area contributed by atoms with Crippen LogP contribution in [0.5, 0.6) is 5.75 Å². The van der Waals surface area contributed by atoms with E-state index in [1.54, 1.807) is 12.1 Å². The number of aromatic nitrogens is 1. The molecule has 1 atom stereocenters. The SMILES string of the molecule is Cc1cc(O)cc(C(CNC(=O)C2=Nc3ccc(Cl)cc3S(=O)(=O)N2)c2ncco2)c1. The monoisotopic (exact) mass is 460 g/mol. The largest absolute Gasteiger partial charge is 0.508 e. The first-order valence-corrected chi connectivity index (χ1v) is 11.0. The summed E-state index contributed by atoms with van der Waals surface area (Å²) in [4.78, 5) is 20.8. The zero-order valence-electron chi connectivity index (χ0n) is 16.2. The molecule has 0 spiro atoms. The summed E-state index contributed by atoms with van der Waals surface area (Å²) in [7, 11) is -3.99. The molecule has 160 valence electrons. The smallest absolute Gasteiger partial charge is 0.287 e. The lowest BCUT2D eigenvalue weighted by molar-refractivity contribution is -0.115. The highest BCUT2D eigenvalue weighted by Crippen LogP contribution is 2.30. The number of nitrogens with one attached hydrogen (secondary N) is 2. The number of amides is 1. The zero-order chi connectivity index (χ0) is 22.2. The Kier molecular flexibility index (Phi) is 5.42. The number of oxazole rings is 1. The van der Waals surface area contributed by atoms with Crippen molar-refractivity contribution < 1.29 is 22.7 Å². The second-order valence-electron chi connectivity index (χ2n) is 6.91. The van der Waals surface area contributed by atoms with Gasteiger partial charge in [0, 0.05) is 11.6 Å². The van der Waals surface area contributed by atoms with E-state index in [2.05, 4.69) is 20.0 Å². The van der Waals surface area contributed by atoms with E-state index in [1.807, 2.05) is 13.0 Å². The van der Waals surface area contributed by atoms with Crippen LogP contribution in [0.15, 0.2) is 63.2 Å². The molecule has 1 aliphatic rings. The second kappa shape index (κ2) is 8.05. The molecule has 2 aromatic carbocycles. The summed E-state index contributed by atoms with van der Waals surface area (Å²) in [6.45, 7) is 1.85. The number of amidine groups is 1. The Balaban J connectivity index is 1.59. The maximum Gasteiger partial charge on any atom is 0.287 e. The summed E-state index contributed by atoms with van der Waals surface area (Å²) in [5, 5.41) is 12.8. The van der Waals surface area contributed by atoms with Gasteiger partial charge in [-0.1, -0.05) is 17.7 Å². The molecule has 0 bridgehead atoms. The number of phenolic OH excluding ortho intramolecular Hbond substituents is 1. The van der Waals surface area contributed by atoms with E-state index in [-0.39, 0.29) is 33.7 Å². The molecule has 0 saturated carbocycles. The minimum absolute atomic E-state index is 0.0243. The van der Waals surface area contributed by atoms with E-state index < -0.39 is 21.8 Å². The number of hydrogen-bond acceptors (Lipinski definition) is 7. The van der Waals surface area contributed by atoms with E-state index in [1.165, 1.54) is 30.7 Å². The summed E-state index contributed by atoms with van der Waals surface area (Å²) in [5.74, 6) is -1.21. The first-order valence-electron chi connectivity index (χ1n) is 9.12. The number of phenols is 1. The van der Waals surface area contributed by atoms with Crippen molar-refractivity contribution in [2.75, 3.05) is 6.54 Å². The number of rotatable bonds is 5. The Morgan fingerprint density at radius 1 is 1.29 bits per heavy atom. The van der Waals surface area contributed by atoms with Crippen LogP contribution in [0.3, 0.4) is 0 Å². The third kappa shape index (κ3) is 4.39. The molecule has 2 heterocycles. The molecule has 4 rings (SSSR count). The van der Waals surface area contributed by atoms with Crippen LogP contribution in [-0.4, -0.2) is 36.8 Å². The molecular weight excluding hydrogens is 444 g/mol. The lowest BCUT2D eigenvalue weighted by Crippen LogP contribution is -2.45. The van der Waals surface area contributed by atoms with Crippen molar-refractivity contribution in [3.63, 3.8) is 0 Å². The molecule has 9 nitrogen and oxygen atoms in total. The first kappa shape index (κ1) is 20.9. The van der Waals surface area contributed by atoms with E-state index in [9.17, 15) is 18.3 Å². The molecule has 1 aliphatic heterocycles. The van der Waals surface area contributed by atoms with E-state index in [0.29, 0.717) is 11.5 Å². The van der Waals surface area contributed by atoms with Crippen LogP contribution in [0.25, 0.3) is 0 Å². The number of sulfonamides is 1. The van der Waals surface area contributed by atoms with Crippen LogP contribution >= 0.6 is 11.6 Å². The highest BCUT2D eigenvalue weighted by Gasteiger charge is 2.30. The van der Waals surface area contributed by atoms with Gasteiger partial charge in [-0.3, -0.25) is 9.52 Å². The van der Waals surface area contributed by atoms with Gasteiger partial charge in [-0.15, -0.1) is 0 Å². The van der Waals surface area contributed by atoms with Gasteiger partial charge in [-0.2, -0.15) is 0 Å². The molecule has 1 amide bonds. The van der Waals surface area contributed by atoms with Crippen molar-refractivity contribution in [3.8, 4) is 5.75 Å². The minimum atomic E-state index is -3.99. The summed E-state index contributed by atoms with van der Waals surface area (Å²) >= 11 is 5.86. The normalized spacial score (nSPS) is 15.4. The molecule has 0 radical (unpaired) electrons. The summed E-state index contributed by atoms with van der Waals surface area (Å²) in [6.07, 6.45) is 2.88. The van der Waals surface area contributed by atoms with Crippen LogP contribution in [0.2, 0.25) is 5.02 Å². The van der Waals surface area contributed by atoms with E-state index in [4.69, 9.17) is 16.0 Å². The summed E-state index contributed by atoms with van der Waals surface area (Å²) in [5.41, 5.74) is 1.60. The number of aromatic hydroxyl groups is 1. The predicted molar refractivity (Wildman–Crippen MR) is 113 cm³/mol. The Labute approximate surface area is 182 Å². The first-order chi connectivity index (χ1) is 14.7. The Bertz CT molecular complexity index is 1270. The van der Waals surface area contributed by atoms with Crippen molar-refractivity contribution in [2.45, 2.75) is 17.7 Å².